The number of anilines is 2. The molecule has 0 bridgehead atoms. The maximum Gasteiger partial charge on any atom is 0.264 e. The predicted molar refractivity (Wildman–Crippen MR) is 178 cm³/mol. The Morgan fingerprint density at radius 1 is 0.809 bits per heavy atom. The molecule has 7 rings (SSSR count). The van der Waals surface area contributed by atoms with Crippen molar-refractivity contribution in [2.24, 2.45) is 0 Å². The van der Waals surface area contributed by atoms with Crippen molar-refractivity contribution in [1.82, 2.24) is 19.9 Å². The standard InChI is InChI=1S/C35H36N6O5S/c42-24-25-10-12-26(13-11-25)31-22-30(23-40-17-19-41(20-18-40)35-37-15-4-16-38-35)45-34(46-31)28-6-1-8-29(21-28)39-47(43,44)32-9-2-5-27-7-3-14-36-33(27)32/h1-16,21,30-31,34,39,42H,17-20,22-24H2. The van der Waals surface area contributed by atoms with Crippen molar-refractivity contribution >= 4 is 32.6 Å². The number of ether oxygens (including phenoxy) is 2. The predicted octanol–water partition coefficient (Wildman–Crippen LogP) is 4.69. The molecule has 3 aromatic carbocycles. The van der Waals surface area contributed by atoms with Crippen molar-refractivity contribution in [3.8, 4) is 0 Å². The number of sulfonamides is 1. The fourth-order valence-electron chi connectivity index (χ4n) is 6.16. The lowest BCUT2D eigenvalue weighted by Gasteiger charge is -2.40. The Hall–Kier alpha value is -4.46. The van der Waals surface area contributed by atoms with Crippen molar-refractivity contribution in [3.05, 3.63) is 120 Å². The Labute approximate surface area is 273 Å². The molecule has 4 heterocycles. The minimum Gasteiger partial charge on any atom is -0.392 e. The van der Waals surface area contributed by atoms with Crippen LogP contribution in [0.1, 0.15) is 35.5 Å². The van der Waals surface area contributed by atoms with Crippen LogP contribution >= 0.6 is 0 Å². The SMILES string of the molecule is O=S(=O)(Nc1cccc(C2OC(CN3CCN(c4ncccn4)CC3)CC(c3ccc(CO)cc3)O2)c1)c1cccc2cccnc12. The van der Waals surface area contributed by atoms with Crippen LogP contribution in [-0.2, 0) is 26.1 Å². The number of para-hydroxylation sites is 1. The normalized spacial score (nSPS) is 20.7. The van der Waals surface area contributed by atoms with Crippen LogP contribution < -0.4 is 9.62 Å². The van der Waals surface area contributed by atoms with Crippen molar-refractivity contribution in [2.45, 2.75) is 36.4 Å². The number of benzene rings is 3. The highest BCUT2D eigenvalue weighted by atomic mass is 32.2. The molecule has 2 aliphatic rings. The van der Waals surface area contributed by atoms with Gasteiger partial charge in [0.2, 0.25) is 5.95 Å². The van der Waals surface area contributed by atoms with E-state index in [2.05, 4.69) is 29.5 Å². The monoisotopic (exact) mass is 652 g/mol. The van der Waals surface area contributed by atoms with E-state index in [1.165, 1.54) is 0 Å². The van der Waals surface area contributed by atoms with E-state index in [0.717, 1.165) is 55.2 Å². The van der Waals surface area contributed by atoms with Crippen LogP contribution in [0.25, 0.3) is 10.9 Å². The number of aliphatic hydroxyl groups excluding tert-OH is 1. The molecule has 0 spiro atoms. The van der Waals surface area contributed by atoms with Gasteiger partial charge in [0.1, 0.15) is 4.90 Å². The first-order valence-electron chi connectivity index (χ1n) is 15.7. The first-order valence-corrected chi connectivity index (χ1v) is 17.1. The van der Waals surface area contributed by atoms with Gasteiger partial charge in [0.05, 0.1) is 24.3 Å². The Kier molecular flexibility index (Phi) is 9.09. The van der Waals surface area contributed by atoms with Gasteiger partial charge in [-0.25, -0.2) is 18.4 Å². The van der Waals surface area contributed by atoms with Gasteiger partial charge < -0.3 is 19.5 Å². The highest BCUT2D eigenvalue weighted by Gasteiger charge is 2.34. The van der Waals surface area contributed by atoms with Crippen LogP contribution in [0.3, 0.4) is 0 Å². The molecule has 242 valence electrons. The summed E-state index contributed by atoms with van der Waals surface area (Å²) in [6.07, 6.45) is 4.64. The van der Waals surface area contributed by atoms with Crippen LogP contribution in [0.4, 0.5) is 11.6 Å². The quantitative estimate of drug-likeness (QED) is 0.231. The summed E-state index contributed by atoms with van der Waals surface area (Å²) >= 11 is 0. The molecule has 0 aliphatic carbocycles. The second-order valence-corrected chi connectivity index (χ2v) is 13.4. The molecule has 0 saturated carbocycles. The first-order chi connectivity index (χ1) is 22.9. The molecule has 2 aromatic heterocycles. The van der Waals surface area contributed by atoms with Crippen molar-refractivity contribution in [1.29, 1.82) is 0 Å². The number of aromatic nitrogens is 3. The average molecular weight is 653 g/mol. The molecule has 47 heavy (non-hydrogen) atoms. The highest BCUT2D eigenvalue weighted by molar-refractivity contribution is 7.93. The smallest absolute Gasteiger partial charge is 0.264 e. The van der Waals surface area contributed by atoms with Gasteiger partial charge in [-0.15, -0.1) is 0 Å². The van der Waals surface area contributed by atoms with Gasteiger partial charge in [-0.1, -0.05) is 54.6 Å². The van der Waals surface area contributed by atoms with E-state index in [4.69, 9.17) is 9.47 Å². The van der Waals surface area contributed by atoms with Gasteiger partial charge in [0.15, 0.2) is 6.29 Å². The summed E-state index contributed by atoms with van der Waals surface area (Å²) in [7, 11) is -3.94. The van der Waals surface area contributed by atoms with E-state index in [1.807, 2.05) is 48.5 Å². The lowest BCUT2D eigenvalue weighted by Crippen LogP contribution is -2.50. The van der Waals surface area contributed by atoms with Gasteiger partial charge in [-0.2, -0.15) is 0 Å². The van der Waals surface area contributed by atoms with E-state index >= 15 is 0 Å². The van der Waals surface area contributed by atoms with Gasteiger partial charge >= 0.3 is 0 Å². The van der Waals surface area contributed by atoms with Gasteiger partial charge in [0, 0.05) is 74.4 Å². The molecule has 2 aliphatic heterocycles. The van der Waals surface area contributed by atoms with Crippen LogP contribution in [0.2, 0.25) is 0 Å². The number of hydrogen-bond donors (Lipinski definition) is 2. The van der Waals surface area contributed by atoms with Crippen LogP contribution in [0.15, 0.2) is 108 Å². The molecular formula is C35H36N6O5S. The average Bonchev–Trinajstić information content (AvgIpc) is 3.12. The van der Waals surface area contributed by atoms with Crippen molar-refractivity contribution in [3.63, 3.8) is 0 Å². The van der Waals surface area contributed by atoms with Crippen LogP contribution in [0.5, 0.6) is 0 Å². The Morgan fingerprint density at radius 3 is 2.34 bits per heavy atom. The number of rotatable bonds is 9. The number of aliphatic hydroxyl groups is 1. The van der Waals surface area contributed by atoms with Gasteiger partial charge in [-0.3, -0.25) is 14.6 Å². The first kappa shape index (κ1) is 31.2. The zero-order chi connectivity index (χ0) is 32.2. The summed E-state index contributed by atoms with van der Waals surface area (Å²) in [6.45, 7) is 4.01. The lowest BCUT2D eigenvalue weighted by atomic mass is 9.99. The number of piperazine rings is 1. The molecule has 2 saturated heterocycles. The molecule has 11 nitrogen and oxygen atoms in total. The topological polar surface area (TPSA) is 130 Å². The van der Waals surface area contributed by atoms with Gasteiger partial charge in [-0.05, 0) is 41.5 Å². The molecule has 3 atom stereocenters. The summed E-state index contributed by atoms with van der Waals surface area (Å²) in [5, 5.41) is 10.3. The van der Waals surface area contributed by atoms with E-state index in [-0.39, 0.29) is 23.7 Å². The third kappa shape index (κ3) is 7.11. The molecule has 0 amide bonds. The van der Waals surface area contributed by atoms with Crippen LogP contribution in [-0.4, -0.2) is 72.2 Å². The maximum absolute atomic E-state index is 13.5. The fraction of sp³-hybridized carbons (Fsp3) is 0.286. The number of nitrogens with zero attached hydrogens (tertiary/aromatic N) is 5. The van der Waals surface area contributed by atoms with Crippen molar-refractivity contribution in [2.75, 3.05) is 42.3 Å². The minimum absolute atomic E-state index is 0.0301. The molecule has 5 aromatic rings. The fourth-order valence-corrected chi connectivity index (χ4v) is 7.39. The zero-order valence-electron chi connectivity index (χ0n) is 25.7. The molecule has 2 fully saturated rings. The summed E-state index contributed by atoms with van der Waals surface area (Å²) in [5.74, 6) is 0.744. The largest absolute Gasteiger partial charge is 0.392 e. The summed E-state index contributed by atoms with van der Waals surface area (Å²) in [5.41, 5.74) is 3.33. The van der Waals surface area contributed by atoms with E-state index in [9.17, 15) is 13.5 Å². The third-order valence-electron chi connectivity index (χ3n) is 8.58. The zero-order valence-corrected chi connectivity index (χ0v) is 26.5. The number of fused-ring (bicyclic) bond motifs is 1. The Bertz CT molecular complexity index is 1920. The van der Waals surface area contributed by atoms with Gasteiger partial charge in [0.25, 0.3) is 10.0 Å². The molecule has 2 N–H and O–H groups in total. The summed E-state index contributed by atoms with van der Waals surface area (Å²) in [6, 6.07) is 25.4. The molecule has 12 heteroatoms. The van der Waals surface area contributed by atoms with E-state index in [1.54, 1.807) is 55.0 Å². The van der Waals surface area contributed by atoms with E-state index in [0.29, 0.717) is 23.2 Å². The summed E-state index contributed by atoms with van der Waals surface area (Å²) < 4.78 is 42.9. The lowest BCUT2D eigenvalue weighted by molar-refractivity contribution is -0.253. The molecule has 3 unspecified atom stereocenters. The second kappa shape index (κ2) is 13.7. The highest BCUT2D eigenvalue weighted by Crippen LogP contribution is 2.39. The van der Waals surface area contributed by atoms with E-state index < -0.39 is 16.3 Å². The Balaban J connectivity index is 1.10. The minimum atomic E-state index is -3.94. The molecular weight excluding hydrogens is 616 g/mol. The van der Waals surface area contributed by atoms with Crippen molar-refractivity contribution < 1.29 is 23.0 Å². The number of nitrogens with one attached hydrogen (secondary N) is 1. The molecule has 0 radical (unpaired) electrons. The number of pyridine rings is 1. The number of hydrogen-bond acceptors (Lipinski definition) is 10. The third-order valence-corrected chi connectivity index (χ3v) is 9.99. The maximum atomic E-state index is 13.5. The van der Waals surface area contributed by atoms with Crippen LogP contribution in [0, 0.1) is 0 Å². The Morgan fingerprint density at radius 2 is 1.55 bits per heavy atom. The summed E-state index contributed by atoms with van der Waals surface area (Å²) in [4.78, 5) is 17.8. The second-order valence-electron chi connectivity index (χ2n) is 11.7.